The van der Waals surface area contributed by atoms with Crippen molar-refractivity contribution >= 4 is 29.9 Å². The molecule has 0 aliphatic carbocycles. The number of hydrogen-bond donors (Lipinski definition) is 2. The van der Waals surface area contributed by atoms with Crippen molar-refractivity contribution in [1.29, 1.82) is 0 Å². The van der Waals surface area contributed by atoms with E-state index < -0.39 is 0 Å². The van der Waals surface area contributed by atoms with E-state index >= 15 is 0 Å². The van der Waals surface area contributed by atoms with Crippen LogP contribution in [-0.2, 0) is 0 Å². The van der Waals surface area contributed by atoms with Crippen LogP contribution in [0.15, 0.2) is 35.3 Å². The maximum absolute atomic E-state index is 4.22. The van der Waals surface area contributed by atoms with Crippen LogP contribution in [0.3, 0.4) is 0 Å². The molecule has 0 saturated heterocycles. The number of hydrogen-bond acceptors (Lipinski definition) is 1. The van der Waals surface area contributed by atoms with E-state index in [0.29, 0.717) is 5.92 Å². The van der Waals surface area contributed by atoms with Crippen LogP contribution in [0.2, 0.25) is 0 Å². The molecule has 1 atom stereocenters. The van der Waals surface area contributed by atoms with Gasteiger partial charge < -0.3 is 10.6 Å². The maximum Gasteiger partial charge on any atom is 0.190 e. The van der Waals surface area contributed by atoms with E-state index in [-0.39, 0.29) is 24.0 Å². The van der Waals surface area contributed by atoms with Crippen molar-refractivity contribution in [1.82, 2.24) is 10.6 Å². The number of benzene rings is 1. The Morgan fingerprint density at radius 1 is 1.15 bits per heavy atom. The zero-order chi connectivity index (χ0) is 13.9. The molecule has 0 radical (unpaired) electrons. The molecule has 1 unspecified atom stereocenters. The molecule has 114 valence electrons. The highest BCUT2D eigenvalue weighted by molar-refractivity contribution is 14.0. The molecule has 1 aromatic rings. The van der Waals surface area contributed by atoms with Gasteiger partial charge in [0.05, 0.1) is 0 Å². The zero-order valence-electron chi connectivity index (χ0n) is 12.9. The molecule has 0 saturated carbocycles. The summed E-state index contributed by atoms with van der Waals surface area (Å²) >= 11 is 0. The second-order valence-electron chi connectivity index (χ2n) is 4.88. The second kappa shape index (κ2) is 12.0. The van der Waals surface area contributed by atoms with E-state index in [1.54, 1.807) is 0 Å². The third-order valence-electron chi connectivity index (χ3n) is 3.28. The number of guanidine groups is 1. The quantitative estimate of drug-likeness (QED) is 0.323. The summed E-state index contributed by atoms with van der Waals surface area (Å²) < 4.78 is 0. The first kappa shape index (κ1) is 19.2. The largest absolute Gasteiger partial charge is 0.356 e. The summed E-state index contributed by atoms with van der Waals surface area (Å²) in [6, 6.07) is 10.7. The smallest absolute Gasteiger partial charge is 0.190 e. The van der Waals surface area contributed by atoms with E-state index in [0.717, 1.165) is 25.5 Å². The summed E-state index contributed by atoms with van der Waals surface area (Å²) in [7, 11) is 1.82. The van der Waals surface area contributed by atoms with Gasteiger partial charge in [0.2, 0.25) is 0 Å². The number of halogens is 1. The summed E-state index contributed by atoms with van der Waals surface area (Å²) in [6.45, 7) is 6.40. The van der Waals surface area contributed by atoms with Crippen molar-refractivity contribution in [2.75, 3.05) is 20.1 Å². The first-order chi connectivity index (χ1) is 9.27. The Kier molecular flexibility index (Phi) is 11.5. The fraction of sp³-hybridized carbons (Fsp3) is 0.562. The highest BCUT2D eigenvalue weighted by Crippen LogP contribution is 2.17. The van der Waals surface area contributed by atoms with Crippen LogP contribution in [0.4, 0.5) is 0 Å². The summed E-state index contributed by atoms with van der Waals surface area (Å²) in [4.78, 5) is 4.22. The SMILES string of the molecule is CCCCNC(=NC)NCCC(C)c1ccccc1.I. The molecule has 0 fully saturated rings. The number of nitrogens with one attached hydrogen (secondary N) is 2. The van der Waals surface area contributed by atoms with Crippen LogP contribution in [0, 0.1) is 0 Å². The summed E-state index contributed by atoms with van der Waals surface area (Å²) in [5, 5.41) is 6.69. The highest BCUT2D eigenvalue weighted by Gasteiger charge is 2.04. The van der Waals surface area contributed by atoms with E-state index in [2.05, 4.69) is 59.8 Å². The van der Waals surface area contributed by atoms with Crippen LogP contribution in [0.1, 0.15) is 44.6 Å². The van der Waals surface area contributed by atoms with Crippen molar-refractivity contribution in [3.63, 3.8) is 0 Å². The first-order valence-electron chi connectivity index (χ1n) is 7.27. The van der Waals surface area contributed by atoms with E-state index in [4.69, 9.17) is 0 Å². The lowest BCUT2D eigenvalue weighted by Crippen LogP contribution is -2.38. The van der Waals surface area contributed by atoms with Gasteiger partial charge in [-0.25, -0.2) is 0 Å². The molecule has 0 aliphatic rings. The normalized spacial score (nSPS) is 12.4. The molecule has 0 aromatic heterocycles. The number of nitrogens with zero attached hydrogens (tertiary/aromatic N) is 1. The number of unbranched alkanes of at least 4 members (excludes halogenated alkanes) is 1. The van der Waals surface area contributed by atoms with Crippen LogP contribution >= 0.6 is 24.0 Å². The summed E-state index contributed by atoms with van der Waals surface area (Å²) in [6.07, 6.45) is 3.49. The lowest BCUT2D eigenvalue weighted by molar-refractivity contribution is 0.648. The Balaban J connectivity index is 0.00000361. The van der Waals surface area contributed by atoms with Crippen molar-refractivity contribution in [3.05, 3.63) is 35.9 Å². The van der Waals surface area contributed by atoms with Gasteiger partial charge in [-0.05, 0) is 24.3 Å². The van der Waals surface area contributed by atoms with Gasteiger partial charge in [0.15, 0.2) is 5.96 Å². The lowest BCUT2D eigenvalue weighted by Gasteiger charge is -2.15. The Hall–Kier alpha value is -0.780. The van der Waals surface area contributed by atoms with Gasteiger partial charge in [0.1, 0.15) is 0 Å². The average molecular weight is 389 g/mol. The van der Waals surface area contributed by atoms with Crippen LogP contribution in [0.25, 0.3) is 0 Å². The van der Waals surface area contributed by atoms with Crippen molar-refractivity contribution < 1.29 is 0 Å². The van der Waals surface area contributed by atoms with Crippen LogP contribution in [0.5, 0.6) is 0 Å². The van der Waals surface area contributed by atoms with Crippen molar-refractivity contribution in [3.8, 4) is 0 Å². The van der Waals surface area contributed by atoms with Crippen LogP contribution < -0.4 is 10.6 Å². The third kappa shape index (κ3) is 7.72. The zero-order valence-corrected chi connectivity index (χ0v) is 15.2. The van der Waals surface area contributed by atoms with Gasteiger partial charge in [-0.15, -0.1) is 24.0 Å². The van der Waals surface area contributed by atoms with Gasteiger partial charge in [-0.1, -0.05) is 50.6 Å². The molecule has 3 nitrogen and oxygen atoms in total. The molecule has 2 N–H and O–H groups in total. The molecule has 0 spiro atoms. The predicted molar refractivity (Wildman–Crippen MR) is 99.2 cm³/mol. The standard InChI is InChI=1S/C16H27N3.HI/c1-4-5-12-18-16(17-3)19-13-11-14(2)15-9-7-6-8-10-15;/h6-10,14H,4-5,11-13H2,1-3H3,(H2,17,18,19);1H. The molecule has 1 rings (SSSR count). The van der Waals surface area contributed by atoms with Crippen molar-refractivity contribution in [2.45, 2.75) is 39.0 Å². The fourth-order valence-corrected chi connectivity index (χ4v) is 1.96. The maximum atomic E-state index is 4.22. The van der Waals surface area contributed by atoms with Gasteiger partial charge in [0.25, 0.3) is 0 Å². The monoisotopic (exact) mass is 389 g/mol. The predicted octanol–water partition coefficient (Wildman–Crippen LogP) is 3.76. The number of rotatable bonds is 7. The van der Waals surface area contributed by atoms with Gasteiger partial charge >= 0.3 is 0 Å². The van der Waals surface area contributed by atoms with Crippen LogP contribution in [-0.4, -0.2) is 26.1 Å². The minimum absolute atomic E-state index is 0. The Bertz CT molecular complexity index is 365. The first-order valence-corrected chi connectivity index (χ1v) is 7.27. The lowest BCUT2D eigenvalue weighted by atomic mass is 9.98. The molecular weight excluding hydrogens is 361 g/mol. The van der Waals surface area contributed by atoms with Gasteiger partial charge in [0, 0.05) is 20.1 Å². The molecule has 0 bridgehead atoms. The topological polar surface area (TPSA) is 36.4 Å². The molecular formula is C16H28IN3. The molecule has 0 heterocycles. The fourth-order valence-electron chi connectivity index (χ4n) is 1.96. The summed E-state index contributed by atoms with van der Waals surface area (Å²) in [5.41, 5.74) is 1.40. The molecule has 0 amide bonds. The van der Waals surface area contributed by atoms with E-state index in [1.165, 1.54) is 18.4 Å². The molecule has 20 heavy (non-hydrogen) atoms. The Labute approximate surface area is 140 Å². The minimum Gasteiger partial charge on any atom is -0.356 e. The summed E-state index contributed by atoms with van der Waals surface area (Å²) in [5.74, 6) is 1.48. The van der Waals surface area contributed by atoms with E-state index in [1.807, 2.05) is 7.05 Å². The number of aliphatic imine (C=N–C) groups is 1. The Morgan fingerprint density at radius 3 is 2.40 bits per heavy atom. The molecule has 4 heteroatoms. The second-order valence-corrected chi connectivity index (χ2v) is 4.88. The highest BCUT2D eigenvalue weighted by atomic mass is 127. The third-order valence-corrected chi connectivity index (χ3v) is 3.28. The molecule has 1 aromatic carbocycles. The van der Waals surface area contributed by atoms with Gasteiger partial charge in [-0.2, -0.15) is 0 Å². The van der Waals surface area contributed by atoms with Gasteiger partial charge in [-0.3, -0.25) is 4.99 Å². The van der Waals surface area contributed by atoms with E-state index in [9.17, 15) is 0 Å². The molecule has 0 aliphatic heterocycles. The minimum atomic E-state index is 0. The Morgan fingerprint density at radius 2 is 1.80 bits per heavy atom. The average Bonchev–Trinajstić information content (AvgIpc) is 2.46. The van der Waals surface area contributed by atoms with Crippen molar-refractivity contribution in [2.24, 2.45) is 4.99 Å².